The van der Waals surface area contributed by atoms with Gasteiger partial charge in [-0.3, -0.25) is 5.41 Å². The maximum atomic E-state index is 7.45. The van der Waals surface area contributed by atoms with Crippen molar-refractivity contribution in [3.63, 3.8) is 0 Å². The first-order chi connectivity index (χ1) is 8.27. The zero-order valence-electron chi connectivity index (χ0n) is 9.35. The Bertz CT molecular complexity index is 494. The number of nitrogens with one attached hydrogen (secondary N) is 1. The summed E-state index contributed by atoms with van der Waals surface area (Å²) in [5.41, 5.74) is 7.41. The Morgan fingerprint density at radius 1 is 1.29 bits per heavy atom. The summed E-state index contributed by atoms with van der Waals surface area (Å²) < 4.78 is 5.66. The predicted molar refractivity (Wildman–Crippen MR) is 71.0 cm³/mol. The largest absolute Gasteiger partial charge is 0.492 e. The average Bonchev–Trinajstić information content (AvgIpc) is 2.82. The molecule has 4 heteroatoms. The topological polar surface area (TPSA) is 59.1 Å². The lowest BCUT2D eigenvalue weighted by atomic mass is 10.2. The van der Waals surface area contributed by atoms with Crippen LogP contribution in [0, 0.1) is 5.41 Å². The summed E-state index contributed by atoms with van der Waals surface area (Å²) in [5, 5.41) is 11.6. The van der Waals surface area contributed by atoms with E-state index in [1.54, 1.807) is 17.4 Å². The maximum Gasteiger partial charge on any atom is 0.130 e. The summed E-state index contributed by atoms with van der Waals surface area (Å²) in [4.78, 5) is 0. The Morgan fingerprint density at radius 2 is 2.12 bits per heavy atom. The zero-order chi connectivity index (χ0) is 12.1. The monoisotopic (exact) mass is 246 g/mol. The highest BCUT2D eigenvalue weighted by molar-refractivity contribution is 7.07. The second-order valence-corrected chi connectivity index (χ2v) is 4.42. The van der Waals surface area contributed by atoms with Crippen LogP contribution in [0.4, 0.5) is 0 Å². The standard InChI is InChI=1S/C13H14N2OS/c14-13(15)11-3-1-2-4-12(11)16-7-5-10-6-8-17-9-10/h1-4,6,8-9H,5,7H2,(H3,14,15). The van der Waals surface area contributed by atoms with E-state index in [2.05, 4.69) is 16.8 Å². The minimum atomic E-state index is 0.0381. The Morgan fingerprint density at radius 3 is 2.82 bits per heavy atom. The molecule has 3 N–H and O–H groups in total. The van der Waals surface area contributed by atoms with Gasteiger partial charge in [-0.1, -0.05) is 12.1 Å². The van der Waals surface area contributed by atoms with E-state index in [-0.39, 0.29) is 5.84 Å². The molecular weight excluding hydrogens is 232 g/mol. The number of rotatable bonds is 5. The van der Waals surface area contributed by atoms with Crippen LogP contribution >= 0.6 is 11.3 Å². The minimum absolute atomic E-state index is 0.0381. The van der Waals surface area contributed by atoms with E-state index in [0.29, 0.717) is 17.9 Å². The molecule has 2 rings (SSSR count). The lowest BCUT2D eigenvalue weighted by Crippen LogP contribution is -2.13. The molecule has 0 spiro atoms. The Kier molecular flexibility index (Phi) is 3.77. The Hall–Kier alpha value is -1.81. The predicted octanol–water partition coefficient (Wildman–Crippen LogP) is 2.65. The van der Waals surface area contributed by atoms with E-state index < -0.39 is 0 Å². The second-order valence-electron chi connectivity index (χ2n) is 3.64. The van der Waals surface area contributed by atoms with Crippen molar-refractivity contribution in [3.8, 4) is 5.75 Å². The van der Waals surface area contributed by atoms with Crippen molar-refractivity contribution < 1.29 is 4.74 Å². The number of nitrogens with two attached hydrogens (primary N) is 1. The highest BCUT2D eigenvalue weighted by Crippen LogP contribution is 2.17. The first-order valence-electron chi connectivity index (χ1n) is 5.34. The molecule has 0 fully saturated rings. The van der Waals surface area contributed by atoms with Crippen LogP contribution in [0.15, 0.2) is 41.1 Å². The number of nitrogen functional groups attached to an aromatic ring is 1. The fraction of sp³-hybridized carbons (Fsp3) is 0.154. The molecule has 88 valence electrons. The Labute approximate surface area is 104 Å². The van der Waals surface area contributed by atoms with Crippen molar-refractivity contribution in [2.24, 2.45) is 5.73 Å². The number of hydrogen-bond acceptors (Lipinski definition) is 3. The van der Waals surface area contributed by atoms with Crippen LogP contribution in [0.2, 0.25) is 0 Å². The third kappa shape index (κ3) is 3.07. The van der Waals surface area contributed by atoms with E-state index in [4.69, 9.17) is 15.9 Å². The van der Waals surface area contributed by atoms with Crippen LogP contribution in [0.25, 0.3) is 0 Å². The summed E-state index contributed by atoms with van der Waals surface area (Å²) in [6.45, 7) is 0.598. The van der Waals surface area contributed by atoms with Gasteiger partial charge in [0.2, 0.25) is 0 Å². The lowest BCUT2D eigenvalue weighted by Gasteiger charge is -2.09. The fourth-order valence-corrected chi connectivity index (χ4v) is 2.23. The molecule has 1 aromatic heterocycles. The van der Waals surface area contributed by atoms with E-state index in [9.17, 15) is 0 Å². The number of thiophene rings is 1. The molecule has 0 amide bonds. The summed E-state index contributed by atoms with van der Waals surface area (Å²) >= 11 is 1.68. The van der Waals surface area contributed by atoms with E-state index in [1.807, 2.05) is 18.2 Å². The molecule has 0 unspecified atom stereocenters. The lowest BCUT2D eigenvalue weighted by molar-refractivity contribution is 0.321. The number of para-hydroxylation sites is 1. The number of hydrogen-bond donors (Lipinski definition) is 2. The molecular formula is C13H14N2OS. The molecule has 0 bridgehead atoms. The van der Waals surface area contributed by atoms with Crippen molar-refractivity contribution >= 4 is 17.2 Å². The van der Waals surface area contributed by atoms with Crippen molar-refractivity contribution in [1.29, 1.82) is 5.41 Å². The molecule has 1 aromatic carbocycles. The molecule has 0 aliphatic heterocycles. The summed E-state index contributed by atoms with van der Waals surface area (Å²) in [6.07, 6.45) is 0.871. The van der Waals surface area contributed by atoms with Gasteiger partial charge in [0, 0.05) is 6.42 Å². The zero-order valence-corrected chi connectivity index (χ0v) is 10.2. The second kappa shape index (κ2) is 5.50. The minimum Gasteiger partial charge on any atom is -0.492 e. The summed E-state index contributed by atoms with van der Waals surface area (Å²) in [7, 11) is 0. The van der Waals surface area contributed by atoms with Gasteiger partial charge in [-0.15, -0.1) is 0 Å². The first kappa shape index (κ1) is 11.7. The van der Waals surface area contributed by atoms with Crippen molar-refractivity contribution in [1.82, 2.24) is 0 Å². The molecule has 17 heavy (non-hydrogen) atoms. The summed E-state index contributed by atoms with van der Waals surface area (Å²) in [6, 6.07) is 9.45. The quantitative estimate of drug-likeness (QED) is 0.629. The smallest absolute Gasteiger partial charge is 0.130 e. The first-order valence-corrected chi connectivity index (χ1v) is 6.29. The normalized spacial score (nSPS) is 10.1. The van der Waals surface area contributed by atoms with Gasteiger partial charge in [0.25, 0.3) is 0 Å². The van der Waals surface area contributed by atoms with Crippen molar-refractivity contribution in [3.05, 3.63) is 52.2 Å². The molecule has 3 nitrogen and oxygen atoms in total. The number of ether oxygens (including phenoxy) is 1. The van der Waals surface area contributed by atoms with Crippen LogP contribution < -0.4 is 10.5 Å². The van der Waals surface area contributed by atoms with Gasteiger partial charge in [0.15, 0.2) is 0 Å². The molecule has 0 aliphatic rings. The van der Waals surface area contributed by atoms with Gasteiger partial charge in [-0.05, 0) is 34.5 Å². The van der Waals surface area contributed by atoms with E-state index in [1.165, 1.54) is 5.56 Å². The molecule has 0 aliphatic carbocycles. The third-order valence-corrected chi connectivity index (χ3v) is 3.14. The molecule has 2 aromatic rings. The van der Waals surface area contributed by atoms with Crippen LogP contribution in [0.5, 0.6) is 5.75 Å². The van der Waals surface area contributed by atoms with Crippen LogP contribution in [-0.2, 0) is 6.42 Å². The fourth-order valence-electron chi connectivity index (χ4n) is 1.53. The van der Waals surface area contributed by atoms with Gasteiger partial charge in [-0.2, -0.15) is 11.3 Å². The average molecular weight is 246 g/mol. The summed E-state index contributed by atoms with van der Waals surface area (Å²) in [5.74, 6) is 0.714. The van der Waals surface area contributed by atoms with Gasteiger partial charge in [0.1, 0.15) is 11.6 Å². The van der Waals surface area contributed by atoms with Gasteiger partial charge < -0.3 is 10.5 Å². The molecule has 0 saturated carbocycles. The van der Waals surface area contributed by atoms with Crippen LogP contribution in [-0.4, -0.2) is 12.4 Å². The molecule has 0 atom stereocenters. The third-order valence-electron chi connectivity index (χ3n) is 2.41. The van der Waals surface area contributed by atoms with Crippen molar-refractivity contribution in [2.75, 3.05) is 6.61 Å². The SMILES string of the molecule is N=C(N)c1ccccc1OCCc1ccsc1. The molecule has 0 radical (unpaired) electrons. The highest BCUT2D eigenvalue weighted by atomic mass is 32.1. The van der Waals surface area contributed by atoms with Crippen molar-refractivity contribution in [2.45, 2.75) is 6.42 Å². The highest BCUT2D eigenvalue weighted by Gasteiger charge is 2.05. The van der Waals surface area contributed by atoms with E-state index in [0.717, 1.165) is 6.42 Å². The van der Waals surface area contributed by atoms with Gasteiger partial charge in [-0.25, -0.2) is 0 Å². The molecule has 1 heterocycles. The van der Waals surface area contributed by atoms with Crippen LogP contribution in [0.1, 0.15) is 11.1 Å². The van der Waals surface area contributed by atoms with Gasteiger partial charge in [0.05, 0.1) is 12.2 Å². The van der Waals surface area contributed by atoms with Crippen LogP contribution in [0.3, 0.4) is 0 Å². The maximum absolute atomic E-state index is 7.45. The van der Waals surface area contributed by atoms with Gasteiger partial charge >= 0.3 is 0 Å². The van der Waals surface area contributed by atoms with E-state index >= 15 is 0 Å². The number of amidine groups is 1. The Balaban J connectivity index is 1.97. The molecule has 0 saturated heterocycles. The number of benzene rings is 1.